The third kappa shape index (κ3) is 3.27. The van der Waals surface area contributed by atoms with Crippen molar-refractivity contribution in [2.75, 3.05) is 0 Å². The molecule has 19 heavy (non-hydrogen) atoms. The van der Waals surface area contributed by atoms with Crippen LogP contribution in [0.2, 0.25) is 0 Å². The molecule has 0 aliphatic rings. The molecule has 2 rings (SSSR count). The van der Waals surface area contributed by atoms with Crippen LogP contribution in [0.15, 0.2) is 48.5 Å². The Kier molecular flexibility index (Phi) is 4.15. The van der Waals surface area contributed by atoms with Gasteiger partial charge in [0.05, 0.1) is 4.83 Å². The minimum atomic E-state index is 0.211. The van der Waals surface area contributed by atoms with Gasteiger partial charge in [0.15, 0.2) is 0 Å². The van der Waals surface area contributed by atoms with E-state index in [-0.39, 0.29) is 10.2 Å². The van der Waals surface area contributed by atoms with Crippen molar-refractivity contribution < 1.29 is 0 Å². The molecule has 0 fully saturated rings. The minimum Gasteiger partial charge on any atom is -0.0786 e. The van der Waals surface area contributed by atoms with Gasteiger partial charge in [-0.05, 0) is 34.6 Å². The number of alkyl halides is 1. The van der Waals surface area contributed by atoms with Gasteiger partial charge in [0.2, 0.25) is 0 Å². The van der Waals surface area contributed by atoms with Gasteiger partial charge < -0.3 is 0 Å². The zero-order chi connectivity index (χ0) is 14.0. The van der Waals surface area contributed by atoms with E-state index in [1.165, 1.54) is 22.3 Å². The number of aryl methyl sites for hydroxylation is 1. The second-order valence-corrected chi connectivity index (χ2v) is 7.01. The molecule has 0 aliphatic carbocycles. The molecule has 1 unspecified atom stereocenters. The highest BCUT2D eigenvalue weighted by Crippen LogP contribution is 2.33. The lowest BCUT2D eigenvalue weighted by molar-refractivity contribution is 0.590. The molecule has 0 aliphatic heterocycles. The van der Waals surface area contributed by atoms with Crippen molar-refractivity contribution in [1.29, 1.82) is 0 Å². The molecule has 0 saturated heterocycles. The van der Waals surface area contributed by atoms with Gasteiger partial charge in [0.1, 0.15) is 0 Å². The predicted molar refractivity (Wildman–Crippen MR) is 87.1 cm³/mol. The van der Waals surface area contributed by atoms with Gasteiger partial charge in [-0.25, -0.2) is 0 Å². The third-order valence-electron chi connectivity index (χ3n) is 3.53. The highest BCUT2D eigenvalue weighted by Gasteiger charge is 2.16. The molecule has 0 radical (unpaired) electrons. The monoisotopic (exact) mass is 316 g/mol. The van der Waals surface area contributed by atoms with Crippen molar-refractivity contribution in [3.05, 3.63) is 70.8 Å². The van der Waals surface area contributed by atoms with Crippen molar-refractivity contribution in [2.45, 2.75) is 37.9 Å². The van der Waals surface area contributed by atoms with Gasteiger partial charge in [0, 0.05) is 0 Å². The molecule has 1 atom stereocenters. The lowest BCUT2D eigenvalue weighted by Gasteiger charge is -2.20. The lowest BCUT2D eigenvalue weighted by atomic mass is 9.86. The summed E-state index contributed by atoms with van der Waals surface area (Å²) in [5.41, 5.74) is 5.56. The van der Waals surface area contributed by atoms with Crippen LogP contribution in [0.5, 0.6) is 0 Å². The molecular weight excluding hydrogens is 296 g/mol. The zero-order valence-corrected chi connectivity index (χ0v) is 13.7. The van der Waals surface area contributed by atoms with Crippen molar-refractivity contribution in [1.82, 2.24) is 0 Å². The van der Waals surface area contributed by atoms with E-state index in [2.05, 4.69) is 92.2 Å². The van der Waals surface area contributed by atoms with E-state index in [0.29, 0.717) is 0 Å². The topological polar surface area (TPSA) is 0 Å². The number of benzene rings is 2. The van der Waals surface area contributed by atoms with Crippen LogP contribution in [0.1, 0.15) is 47.9 Å². The first kappa shape index (κ1) is 14.3. The molecule has 0 bridgehead atoms. The minimum absolute atomic E-state index is 0.211. The first-order valence-corrected chi connectivity index (χ1v) is 7.61. The van der Waals surface area contributed by atoms with E-state index in [1.54, 1.807) is 0 Å². The van der Waals surface area contributed by atoms with Gasteiger partial charge in [-0.2, -0.15) is 0 Å². The number of hydrogen-bond acceptors (Lipinski definition) is 0. The Balaban J connectivity index is 2.31. The average molecular weight is 317 g/mol. The van der Waals surface area contributed by atoms with Crippen LogP contribution in [0.4, 0.5) is 0 Å². The Morgan fingerprint density at radius 1 is 0.895 bits per heavy atom. The Labute approximate surface area is 125 Å². The quantitative estimate of drug-likeness (QED) is 0.616. The average Bonchev–Trinajstić information content (AvgIpc) is 2.38. The van der Waals surface area contributed by atoms with Crippen LogP contribution in [0.3, 0.4) is 0 Å². The van der Waals surface area contributed by atoms with E-state index in [0.717, 1.165) is 0 Å². The Morgan fingerprint density at radius 2 is 1.47 bits per heavy atom. The smallest absolute Gasteiger partial charge is 0.0647 e. The molecule has 0 heterocycles. The Bertz CT molecular complexity index is 547. The predicted octanol–water partition coefficient (Wildman–Crippen LogP) is 5.78. The largest absolute Gasteiger partial charge is 0.0786 e. The van der Waals surface area contributed by atoms with Gasteiger partial charge in [-0.15, -0.1) is 0 Å². The SMILES string of the molecule is Cc1ccccc1C(Br)c1ccc(C(C)(C)C)cc1. The van der Waals surface area contributed by atoms with E-state index < -0.39 is 0 Å². The van der Waals surface area contributed by atoms with Crippen LogP contribution in [0.25, 0.3) is 0 Å². The standard InChI is InChI=1S/C18H21Br/c1-13-7-5-6-8-16(13)17(19)14-9-11-15(12-10-14)18(2,3)4/h5-12,17H,1-4H3. The Hall–Kier alpha value is -1.08. The second-order valence-electron chi connectivity index (χ2n) is 6.09. The van der Waals surface area contributed by atoms with Crippen LogP contribution in [0, 0.1) is 6.92 Å². The highest BCUT2D eigenvalue weighted by molar-refractivity contribution is 9.09. The van der Waals surface area contributed by atoms with Crippen molar-refractivity contribution in [3.8, 4) is 0 Å². The van der Waals surface area contributed by atoms with Crippen LogP contribution < -0.4 is 0 Å². The summed E-state index contributed by atoms with van der Waals surface area (Å²) in [6.45, 7) is 8.89. The maximum absolute atomic E-state index is 3.82. The number of halogens is 1. The number of rotatable bonds is 2. The molecule has 2 aromatic carbocycles. The molecule has 0 nitrogen and oxygen atoms in total. The van der Waals surface area contributed by atoms with E-state index >= 15 is 0 Å². The van der Waals surface area contributed by atoms with Gasteiger partial charge >= 0.3 is 0 Å². The van der Waals surface area contributed by atoms with Crippen molar-refractivity contribution in [3.63, 3.8) is 0 Å². The van der Waals surface area contributed by atoms with E-state index in [4.69, 9.17) is 0 Å². The molecule has 0 spiro atoms. The summed E-state index contributed by atoms with van der Waals surface area (Å²) in [4.78, 5) is 0.266. The molecule has 0 saturated carbocycles. The first-order valence-electron chi connectivity index (χ1n) is 6.69. The van der Waals surface area contributed by atoms with Crippen molar-refractivity contribution in [2.24, 2.45) is 0 Å². The second kappa shape index (κ2) is 5.50. The van der Waals surface area contributed by atoms with Gasteiger partial charge in [-0.3, -0.25) is 0 Å². The molecule has 100 valence electrons. The maximum Gasteiger partial charge on any atom is 0.0647 e. The summed E-state index contributed by atoms with van der Waals surface area (Å²) >= 11 is 3.82. The molecule has 2 aromatic rings. The van der Waals surface area contributed by atoms with Crippen LogP contribution in [-0.2, 0) is 5.41 Å². The first-order chi connectivity index (χ1) is 8.89. The van der Waals surface area contributed by atoms with Gasteiger partial charge in [-0.1, -0.05) is 85.2 Å². The molecular formula is C18H21Br. The molecule has 0 amide bonds. The van der Waals surface area contributed by atoms with E-state index in [9.17, 15) is 0 Å². The summed E-state index contributed by atoms with van der Waals surface area (Å²) in [7, 11) is 0. The summed E-state index contributed by atoms with van der Waals surface area (Å²) in [6, 6.07) is 17.5. The molecule has 1 heteroatoms. The van der Waals surface area contributed by atoms with Crippen molar-refractivity contribution >= 4 is 15.9 Å². The summed E-state index contributed by atoms with van der Waals surface area (Å²) in [5, 5.41) is 0. The highest BCUT2D eigenvalue weighted by atomic mass is 79.9. The fraction of sp³-hybridized carbons (Fsp3) is 0.333. The van der Waals surface area contributed by atoms with Gasteiger partial charge in [0.25, 0.3) is 0 Å². The third-order valence-corrected chi connectivity index (χ3v) is 4.55. The fourth-order valence-corrected chi connectivity index (χ4v) is 3.02. The number of hydrogen-bond donors (Lipinski definition) is 0. The maximum atomic E-state index is 3.82. The normalized spacial score (nSPS) is 13.3. The van der Waals surface area contributed by atoms with Crippen LogP contribution in [-0.4, -0.2) is 0 Å². The lowest BCUT2D eigenvalue weighted by Crippen LogP contribution is -2.10. The zero-order valence-electron chi connectivity index (χ0n) is 12.1. The molecule has 0 N–H and O–H groups in total. The van der Waals surface area contributed by atoms with E-state index in [1.807, 2.05) is 0 Å². The summed E-state index contributed by atoms with van der Waals surface area (Å²) in [6.07, 6.45) is 0. The summed E-state index contributed by atoms with van der Waals surface area (Å²) in [5.74, 6) is 0. The fourth-order valence-electron chi connectivity index (χ4n) is 2.20. The van der Waals surface area contributed by atoms with Crippen LogP contribution >= 0.6 is 15.9 Å². The summed E-state index contributed by atoms with van der Waals surface area (Å²) < 4.78 is 0. The Morgan fingerprint density at radius 3 is 2.00 bits per heavy atom. The molecule has 0 aromatic heterocycles.